The predicted octanol–water partition coefficient (Wildman–Crippen LogP) is 15.1. The number of furan rings is 2. The van der Waals surface area contributed by atoms with Crippen LogP contribution >= 0.6 is 0 Å². The largest absolute Gasteiger partial charge is 0.456 e. The molecule has 0 N–H and O–H groups in total. The van der Waals surface area contributed by atoms with Crippen LogP contribution in [-0.4, -0.2) is 0 Å². The third kappa shape index (κ3) is 4.17. The number of benzene rings is 10. The second-order valence-corrected chi connectivity index (χ2v) is 14.3. The Labute approximate surface area is 310 Å². The van der Waals surface area contributed by atoms with Gasteiger partial charge in [0.15, 0.2) is 0 Å². The van der Waals surface area contributed by atoms with Gasteiger partial charge in [-0.3, -0.25) is 0 Å². The fourth-order valence-corrected chi connectivity index (χ4v) is 9.04. The minimum atomic E-state index is 0.888. The first kappa shape index (κ1) is 29.4. The SMILES string of the molecule is c1ccc2c(-c3c4ccccc4c(-c4ccc(-c5ccc6oc7c(ccc8c7ccc7oc9ccccc9c78)c6c5)cc4)c4ccccc34)cccc2c1. The van der Waals surface area contributed by atoms with E-state index in [0.29, 0.717) is 0 Å². The molecule has 0 amide bonds. The van der Waals surface area contributed by atoms with Crippen LogP contribution in [-0.2, 0) is 0 Å². The number of hydrogen-bond acceptors (Lipinski definition) is 2. The van der Waals surface area contributed by atoms with Gasteiger partial charge < -0.3 is 8.83 Å². The van der Waals surface area contributed by atoms with Gasteiger partial charge in [-0.15, -0.1) is 0 Å². The Morgan fingerprint density at radius 3 is 1.59 bits per heavy atom. The highest BCUT2D eigenvalue weighted by Gasteiger charge is 2.19. The van der Waals surface area contributed by atoms with Crippen LogP contribution in [0.15, 0.2) is 191 Å². The van der Waals surface area contributed by atoms with Gasteiger partial charge in [0, 0.05) is 26.9 Å². The van der Waals surface area contributed by atoms with Crippen molar-refractivity contribution in [3.05, 3.63) is 182 Å². The van der Waals surface area contributed by atoms with E-state index in [1.165, 1.54) is 60.1 Å². The smallest absolute Gasteiger partial charge is 0.143 e. The zero-order valence-electron chi connectivity index (χ0n) is 29.1. The molecule has 12 aromatic rings. The molecule has 54 heavy (non-hydrogen) atoms. The van der Waals surface area contributed by atoms with E-state index >= 15 is 0 Å². The molecule has 2 heterocycles. The highest BCUT2D eigenvalue weighted by Crippen LogP contribution is 2.46. The molecule has 2 heteroatoms. The number of para-hydroxylation sites is 1. The Morgan fingerprint density at radius 2 is 0.815 bits per heavy atom. The monoisotopic (exact) mass is 686 g/mol. The maximum Gasteiger partial charge on any atom is 0.143 e. The third-order valence-electron chi connectivity index (χ3n) is 11.5. The molecule has 0 radical (unpaired) electrons. The highest BCUT2D eigenvalue weighted by atomic mass is 16.3. The van der Waals surface area contributed by atoms with Crippen LogP contribution < -0.4 is 0 Å². The molecule has 10 aromatic carbocycles. The van der Waals surface area contributed by atoms with Crippen LogP contribution in [0.25, 0.3) is 120 Å². The van der Waals surface area contributed by atoms with E-state index in [2.05, 4.69) is 170 Å². The molecule has 0 unspecified atom stereocenters. The second kappa shape index (κ2) is 11.2. The van der Waals surface area contributed by atoms with Gasteiger partial charge in [0.1, 0.15) is 22.3 Å². The minimum absolute atomic E-state index is 0.888. The van der Waals surface area contributed by atoms with Crippen molar-refractivity contribution >= 4 is 87.0 Å². The molecule has 0 aliphatic carbocycles. The molecule has 0 aliphatic rings. The van der Waals surface area contributed by atoms with Gasteiger partial charge >= 0.3 is 0 Å². The molecule has 2 aromatic heterocycles. The van der Waals surface area contributed by atoms with Crippen LogP contribution in [0.1, 0.15) is 0 Å². The molecule has 2 nitrogen and oxygen atoms in total. The predicted molar refractivity (Wildman–Crippen MR) is 227 cm³/mol. The van der Waals surface area contributed by atoms with Gasteiger partial charge in [-0.1, -0.05) is 146 Å². The maximum atomic E-state index is 6.59. The van der Waals surface area contributed by atoms with Crippen LogP contribution in [0.5, 0.6) is 0 Å². The molecule has 250 valence electrons. The van der Waals surface area contributed by atoms with E-state index in [4.69, 9.17) is 8.83 Å². The Kier molecular flexibility index (Phi) is 6.09. The van der Waals surface area contributed by atoms with Crippen molar-refractivity contribution < 1.29 is 8.83 Å². The standard InChI is InChI=1S/C52H30O2/c1-2-12-35-32(10-1)11-9-18-36(35)50-39-15-5-3-13-37(39)49(38-14-4-6-16-40(38)50)33-22-20-31(21-23-33)34-24-28-47-45(30-34)43-26-25-41-42(52(43)54-47)27-29-48-51(41)44-17-7-8-19-46(44)53-48/h1-30H. The van der Waals surface area contributed by atoms with E-state index < -0.39 is 0 Å². The molecule has 12 rings (SSSR count). The molecule has 0 atom stereocenters. The van der Waals surface area contributed by atoms with Crippen LogP contribution in [0.2, 0.25) is 0 Å². The summed E-state index contributed by atoms with van der Waals surface area (Å²) in [6.45, 7) is 0. The number of hydrogen-bond donors (Lipinski definition) is 0. The van der Waals surface area contributed by atoms with Gasteiger partial charge in [0.25, 0.3) is 0 Å². The topological polar surface area (TPSA) is 26.3 Å². The Bertz CT molecular complexity index is 3430. The molecule has 0 saturated carbocycles. The lowest BCUT2D eigenvalue weighted by atomic mass is 9.84. The van der Waals surface area contributed by atoms with E-state index in [1.807, 2.05) is 12.1 Å². The van der Waals surface area contributed by atoms with Crippen molar-refractivity contribution in [2.45, 2.75) is 0 Å². The molecule has 0 aliphatic heterocycles. The lowest BCUT2D eigenvalue weighted by Crippen LogP contribution is -1.91. The molecular formula is C52H30O2. The van der Waals surface area contributed by atoms with Gasteiger partial charge in [0.05, 0.1) is 0 Å². The third-order valence-corrected chi connectivity index (χ3v) is 11.5. The highest BCUT2D eigenvalue weighted by molar-refractivity contribution is 6.26. The summed E-state index contributed by atoms with van der Waals surface area (Å²) in [6, 6.07) is 65.7. The van der Waals surface area contributed by atoms with Gasteiger partial charge in [-0.2, -0.15) is 0 Å². The molecule has 0 fully saturated rings. The summed E-state index contributed by atoms with van der Waals surface area (Å²) in [5.41, 5.74) is 10.9. The van der Waals surface area contributed by atoms with Crippen molar-refractivity contribution in [3.63, 3.8) is 0 Å². The van der Waals surface area contributed by atoms with E-state index in [1.54, 1.807) is 0 Å². The Morgan fingerprint density at radius 1 is 0.278 bits per heavy atom. The van der Waals surface area contributed by atoms with Crippen LogP contribution in [0.3, 0.4) is 0 Å². The summed E-state index contributed by atoms with van der Waals surface area (Å²) in [7, 11) is 0. The fraction of sp³-hybridized carbons (Fsp3) is 0. The van der Waals surface area contributed by atoms with Crippen molar-refractivity contribution in [1.82, 2.24) is 0 Å². The summed E-state index contributed by atoms with van der Waals surface area (Å²) in [5.74, 6) is 0. The zero-order valence-corrected chi connectivity index (χ0v) is 29.1. The average Bonchev–Trinajstić information content (AvgIpc) is 3.81. The van der Waals surface area contributed by atoms with Crippen molar-refractivity contribution in [1.29, 1.82) is 0 Å². The minimum Gasteiger partial charge on any atom is -0.456 e. The van der Waals surface area contributed by atoms with E-state index in [9.17, 15) is 0 Å². The molecule has 0 bridgehead atoms. The van der Waals surface area contributed by atoms with E-state index in [0.717, 1.165) is 60.2 Å². The summed E-state index contributed by atoms with van der Waals surface area (Å²) in [5, 5.41) is 14.3. The summed E-state index contributed by atoms with van der Waals surface area (Å²) in [4.78, 5) is 0. The molecular weight excluding hydrogens is 657 g/mol. The zero-order chi connectivity index (χ0) is 35.3. The first-order valence-corrected chi connectivity index (χ1v) is 18.5. The van der Waals surface area contributed by atoms with Crippen molar-refractivity contribution in [2.75, 3.05) is 0 Å². The van der Waals surface area contributed by atoms with Crippen molar-refractivity contribution in [2.24, 2.45) is 0 Å². The quantitative estimate of drug-likeness (QED) is 0.173. The van der Waals surface area contributed by atoms with Gasteiger partial charge in [-0.25, -0.2) is 0 Å². The lowest BCUT2D eigenvalue weighted by Gasteiger charge is -2.19. The first-order valence-electron chi connectivity index (χ1n) is 18.5. The summed E-state index contributed by atoms with van der Waals surface area (Å²) < 4.78 is 12.8. The van der Waals surface area contributed by atoms with Gasteiger partial charge in [-0.05, 0) is 107 Å². The maximum absolute atomic E-state index is 6.59. The van der Waals surface area contributed by atoms with Gasteiger partial charge in [0.2, 0.25) is 0 Å². The van der Waals surface area contributed by atoms with Crippen molar-refractivity contribution in [3.8, 4) is 33.4 Å². The molecule has 0 saturated heterocycles. The lowest BCUT2D eigenvalue weighted by molar-refractivity contribution is 0.669. The average molecular weight is 687 g/mol. The Hall–Kier alpha value is -7.16. The second-order valence-electron chi connectivity index (χ2n) is 14.3. The number of fused-ring (bicyclic) bond motifs is 12. The molecule has 0 spiro atoms. The van der Waals surface area contributed by atoms with Crippen LogP contribution in [0.4, 0.5) is 0 Å². The first-order chi connectivity index (χ1) is 26.8. The Balaban J connectivity index is 0.998. The summed E-state index contributed by atoms with van der Waals surface area (Å²) >= 11 is 0. The van der Waals surface area contributed by atoms with E-state index in [-0.39, 0.29) is 0 Å². The normalized spacial score (nSPS) is 12.1. The number of rotatable bonds is 3. The summed E-state index contributed by atoms with van der Waals surface area (Å²) in [6.07, 6.45) is 0. The van der Waals surface area contributed by atoms with Crippen LogP contribution in [0, 0.1) is 0 Å². The fourth-order valence-electron chi connectivity index (χ4n) is 9.04.